The zero-order chi connectivity index (χ0) is 19.0. The van der Waals surface area contributed by atoms with Crippen LogP contribution >= 0.6 is 24.0 Å². The molecule has 1 unspecified atom stereocenters. The molecular formula is C18H31FIN3O4. The number of halogens is 2. The molecule has 0 bridgehead atoms. The Morgan fingerprint density at radius 3 is 2.59 bits per heavy atom. The lowest BCUT2D eigenvalue weighted by Crippen LogP contribution is -2.39. The molecule has 0 spiro atoms. The molecule has 0 amide bonds. The molecule has 0 fully saturated rings. The minimum Gasteiger partial charge on any atom is -0.491 e. The number of nitrogens with one attached hydrogen (secondary N) is 2. The Kier molecular flexibility index (Phi) is 16.2. The Bertz CT molecular complexity index is 506. The molecular weight excluding hydrogens is 468 g/mol. The Balaban J connectivity index is 0.00000676. The number of rotatable bonds is 13. The molecule has 1 aromatic carbocycles. The number of hydrogen-bond donors (Lipinski definition) is 3. The highest BCUT2D eigenvalue weighted by Crippen LogP contribution is 2.11. The third kappa shape index (κ3) is 13.6. The first-order valence-electron chi connectivity index (χ1n) is 8.81. The van der Waals surface area contributed by atoms with E-state index in [1.54, 1.807) is 7.11 Å². The van der Waals surface area contributed by atoms with Gasteiger partial charge in [0.05, 0.1) is 19.8 Å². The van der Waals surface area contributed by atoms with E-state index >= 15 is 0 Å². The van der Waals surface area contributed by atoms with Crippen LogP contribution < -0.4 is 15.4 Å². The summed E-state index contributed by atoms with van der Waals surface area (Å²) in [5.74, 6) is 0.811. The molecule has 0 saturated heterocycles. The fraction of sp³-hybridized carbons (Fsp3) is 0.611. The van der Waals surface area contributed by atoms with E-state index in [4.69, 9.17) is 14.2 Å². The van der Waals surface area contributed by atoms with Gasteiger partial charge in [0.25, 0.3) is 0 Å². The number of aliphatic hydroxyl groups is 1. The van der Waals surface area contributed by atoms with Gasteiger partial charge < -0.3 is 30.0 Å². The summed E-state index contributed by atoms with van der Waals surface area (Å²) in [4.78, 5) is 4.33. The highest BCUT2D eigenvalue weighted by Gasteiger charge is 2.06. The van der Waals surface area contributed by atoms with Crippen LogP contribution in [0.25, 0.3) is 0 Å². The maximum atomic E-state index is 12.8. The van der Waals surface area contributed by atoms with Gasteiger partial charge in [-0.1, -0.05) is 0 Å². The van der Waals surface area contributed by atoms with Crippen LogP contribution in [0.3, 0.4) is 0 Å². The molecule has 1 rings (SSSR count). The van der Waals surface area contributed by atoms with Crippen molar-refractivity contribution >= 4 is 29.9 Å². The minimum absolute atomic E-state index is 0. The summed E-state index contributed by atoms with van der Waals surface area (Å²) in [6.45, 7) is 5.51. The molecule has 27 heavy (non-hydrogen) atoms. The Morgan fingerprint density at radius 1 is 1.19 bits per heavy atom. The van der Waals surface area contributed by atoms with Gasteiger partial charge in [0.1, 0.15) is 24.3 Å². The van der Waals surface area contributed by atoms with Gasteiger partial charge in [-0.3, -0.25) is 4.99 Å². The van der Waals surface area contributed by atoms with E-state index in [-0.39, 0.29) is 42.9 Å². The summed E-state index contributed by atoms with van der Waals surface area (Å²) >= 11 is 0. The average Bonchev–Trinajstić information content (AvgIpc) is 2.64. The van der Waals surface area contributed by atoms with Crippen molar-refractivity contribution in [3.63, 3.8) is 0 Å². The number of aliphatic hydroxyl groups excluding tert-OH is 1. The fourth-order valence-corrected chi connectivity index (χ4v) is 1.94. The van der Waals surface area contributed by atoms with Crippen LogP contribution in [0.2, 0.25) is 0 Å². The highest BCUT2D eigenvalue weighted by molar-refractivity contribution is 14.0. The van der Waals surface area contributed by atoms with Gasteiger partial charge in [0, 0.05) is 26.8 Å². The second kappa shape index (κ2) is 17.0. The molecule has 7 nitrogen and oxygen atoms in total. The lowest BCUT2D eigenvalue weighted by atomic mass is 10.3. The van der Waals surface area contributed by atoms with E-state index in [1.807, 2.05) is 6.92 Å². The summed E-state index contributed by atoms with van der Waals surface area (Å²) in [5, 5.41) is 16.3. The average molecular weight is 499 g/mol. The lowest BCUT2D eigenvalue weighted by Gasteiger charge is -2.14. The van der Waals surface area contributed by atoms with Gasteiger partial charge >= 0.3 is 0 Å². The maximum Gasteiger partial charge on any atom is 0.191 e. The topological polar surface area (TPSA) is 84.3 Å². The third-order valence-electron chi connectivity index (χ3n) is 3.25. The Morgan fingerprint density at radius 2 is 1.93 bits per heavy atom. The van der Waals surface area contributed by atoms with Crippen LogP contribution in [0.5, 0.6) is 5.75 Å². The summed E-state index contributed by atoms with van der Waals surface area (Å²) in [6.07, 6.45) is 0.0811. The van der Waals surface area contributed by atoms with Crippen molar-refractivity contribution in [2.45, 2.75) is 19.4 Å². The SMILES string of the molecule is CCNC(=NCC(O)COc1ccc(F)cc1)NCCCOCCOC.I. The van der Waals surface area contributed by atoms with Crippen molar-refractivity contribution in [2.75, 3.05) is 53.2 Å². The highest BCUT2D eigenvalue weighted by atomic mass is 127. The van der Waals surface area contributed by atoms with E-state index in [2.05, 4.69) is 15.6 Å². The van der Waals surface area contributed by atoms with Crippen molar-refractivity contribution < 1.29 is 23.7 Å². The molecule has 0 aliphatic heterocycles. The van der Waals surface area contributed by atoms with Crippen molar-refractivity contribution in [3.8, 4) is 5.75 Å². The predicted octanol–water partition coefficient (Wildman–Crippen LogP) is 1.79. The van der Waals surface area contributed by atoms with Gasteiger partial charge in [-0.15, -0.1) is 24.0 Å². The van der Waals surface area contributed by atoms with E-state index in [0.717, 1.165) is 13.0 Å². The number of hydrogen-bond acceptors (Lipinski definition) is 5. The van der Waals surface area contributed by atoms with Gasteiger partial charge in [0.2, 0.25) is 0 Å². The second-order valence-corrected chi connectivity index (χ2v) is 5.52. The minimum atomic E-state index is -0.757. The predicted molar refractivity (Wildman–Crippen MR) is 115 cm³/mol. The maximum absolute atomic E-state index is 12.8. The lowest BCUT2D eigenvalue weighted by molar-refractivity contribution is 0.0698. The molecule has 0 saturated carbocycles. The number of methoxy groups -OCH3 is 1. The van der Waals surface area contributed by atoms with Crippen LogP contribution in [0, 0.1) is 5.82 Å². The largest absolute Gasteiger partial charge is 0.491 e. The van der Waals surface area contributed by atoms with Crippen molar-refractivity contribution in [2.24, 2.45) is 4.99 Å². The van der Waals surface area contributed by atoms with Crippen molar-refractivity contribution in [3.05, 3.63) is 30.1 Å². The van der Waals surface area contributed by atoms with E-state index < -0.39 is 6.10 Å². The van der Waals surface area contributed by atoms with E-state index in [0.29, 0.717) is 38.1 Å². The summed E-state index contributed by atoms with van der Waals surface area (Å²) in [6, 6.07) is 5.66. The molecule has 1 atom stereocenters. The number of guanidine groups is 1. The molecule has 3 N–H and O–H groups in total. The zero-order valence-corrected chi connectivity index (χ0v) is 18.3. The molecule has 0 aromatic heterocycles. The monoisotopic (exact) mass is 499 g/mol. The summed E-state index contributed by atoms with van der Waals surface area (Å²) in [5.41, 5.74) is 0. The van der Waals surface area contributed by atoms with Crippen molar-refractivity contribution in [1.29, 1.82) is 0 Å². The quantitative estimate of drug-likeness (QED) is 0.166. The first-order chi connectivity index (χ1) is 12.7. The van der Waals surface area contributed by atoms with Crippen LogP contribution in [-0.2, 0) is 9.47 Å². The van der Waals surface area contributed by atoms with Gasteiger partial charge in [-0.05, 0) is 37.6 Å². The molecule has 0 heterocycles. The molecule has 0 aliphatic carbocycles. The van der Waals surface area contributed by atoms with Gasteiger partial charge in [0.15, 0.2) is 5.96 Å². The van der Waals surface area contributed by atoms with Crippen molar-refractivity contribution in [1.82, 2.24) is 10.6 Å². The van der Waals surface area contributed by atoms with Gasteiger partial charge in [-0.2, -0.15) is 0 Å². The van der Waals surface area contributed by atoms with Crippen LogP contribution in [0.4, 0.5) is 4.39 Å². The molecule has 9 heteroatoms. The van der Waals surface area contributed by atoms with E-state index in [1.165, 1.54) is 24.3 Å². The first kappa shape index (κ1) is 25.8. The smallest absolute Gasteiger partial charge is 0.191 e. The van der Waals surface area contributed by atoms with Crippen LogP contribution in [0.15, 0.2) is 29.3 Å². The first-order valence-corrected chi connectivity index (χ1v) is 8.81. The fourth-order valence-electron chi connectivity index (χ4n) is 1.94. The molecule has 156 valence electrons. The third-order valence-corrected chi connectivity index (χ3v) is 3.25. The normalized spacial score (nSPS) is 12.2. The van der Waals surface area contributed by atoms with Crippen LogP contribution in [-0.4, -0.2) is 70.3 Å². The summed E-state index contributed by atoms with van der Waals surface area (Å²) in [7, 11) is 1.64. The number of aliphatic imine (C=N–C) groups is 1. The second-order valence-electron chi connectivity index (χ2n) is 5.52. The molecule has 0 radical (unpaired) electrons. The molecule has 1 aromatic rings. The number of benzene rings is 1. The Labute approximate surface area is 177 Å². The molecule has 0 aliphatic rings. The van der Waals surface area contributed by atoms with Crippen LogP contribution in [0.1, 0.15) is 13.3 Å². The number of ether oxygens (including phenoxy) is 3. The zero-order valence-electron chi connectivity index (χ0n) is 15.9. The number of nitrogens with zero attached hydrogens (tertiary/aromatic N) is 1. The summed E-state index contributed by atoms with van der Waals surface area (Å²) < 4.78 is 28.5. The standard InChI is InChI=1S/C18H30FN3O4.HI/c1-3-20-18(21-9-4-10-25-12-11-24-2)22-13-16(23)14-26-17-7-5-15(19)6-8-17;/h5-8,16,23H,3-4,9-14H2,1-2H3,(H2,20,21,22);1H. The Hall–Kier alpha value is -1.17. The van der Waals surface area contributed by atoms with E-state index in [9.17, 15) is 9.50 Å². The van der Waals surface area contributed by atoms with Gasteiger partial charge in [-0.25, -0.2) is 4.39 Å².